The highest BCUT2D eigenvalue weighted by Gasteiger charge is 2.18. The summed E-state index contributed by atoms with van der Waals surface area (Å²) >= 11 is 2.67. The molecule has 3 aromatic rings. The molecular weight excluding hydrogens is 500 g/mol. The molecule has 0 spiro atoms. The average molecular weight is 533 g/mol. The Bertz CT molecular complexity index is 1250. The van der Waals surface area contributed by atoms with Crippen molar-refractivity contribution in [1.29, 1.82) is 0 Å². The minimum Gasteiger partial charge on any atom is -0.385 e. The van der Waals surface area contributed by atoms with Crippen LogP contribution < -0.4 is 16.2 Å². The number of aromatic nitrogens is 2. The van der Waals surface area contributed by atoms with Gasteiger partial charge in [-0.15, -0.1) is 11.3 Å². The number of ether oxygens (including phenoxy) is 2. The number of carbonyl (C=O) groups is 2. The van der Waals surface area contributed by atoms with Crippen LogP contribution in [0.15, 0.2) is 34.2 Å². The third kappa shape index (κ3) is 6.84. The van der Waals surface area contributed by atoms with Gasteiger partial charge in [0.25, 0.3) is 5.56 Å². The van der Waals surface area contributed by atoms with Gasteiger partial charge in [0.2, 0.25) is 11.8 Å². The topological polar surface area (TPSA) is 112 Å². The third-order valence-electron chi connectivity index (χ3n) is 5.96. The molecule has 1 atom stereocenters. The Morgan fingerprint density at radius 1 is 1.25 bits per heavy atom. The first-order valence-corrected chi connectivity index (χ1v) is 14.1. The summed E-state index contributed by atoms with van der Waals surface area (Å²) in [6, 6.07) is 7.80. The van der Waals surface area contributed by atoms with Crippen molar-refractivity contribution in [1.82, 2.24) is 20.2 Å². The van der Waals surface area contributed by atoms with Crippen LogP contribution in [-0.2, 0) is 25.6 Å². The summed E-state index contributed by atoms with van der Waals surface area (Å²) in [7, 11) is 1.63. The van der Waals surface area contributed by atoms with Crippen molar-refractivity contribution < 1.29 is 19.1 Å². The van der Waals surface area contributed by atoms with Crippen LogP contribution in [0, 0.1) is 0 Å². The molecule has 9 nitrogen and oxygen atoms in total. The lowest BCUT2D eigenvalue weighted by Crippen LogP contribution is -2.32. The Kier molecular flexibility index (Phi) is 9.74. The van der Waals surface area contributed by atoms with Crippen LogP contribution in [0.2, 0.25) is 0 Å². The molecule has 0 aliphatic carbocycles. The number of amides is 2. The van der Waals surface area contributed by atoms with Gasteiger partial charge >= 0.3 is 0 Å². The van der Waals surface area contributed by atoms with Crippen molar-refractivity contribution in [2.45, 2.75) is 49.9 Å². The van der Waals surface area contributed by atoms with Crippen molar-refractivity contribution in [3.05, 3.63) is 34.6 Å². The van der Waals surface area contributed by atoms with E-state index in [0.29, 0.717) is 54.5 Å². The molecule has 3 heterocycles. The maximum atomic E-state index is 13.5. The largest absolute Gasteiger partial charge is 0.385 e. The summed E-state index contributed by atoms with van der Waals surface area (Å²) < 4.78 is 13.7. The molecule has 0 unspecified atom stereocenters. The SMILES string of the molecule is COCCCNC(=O)CSc1nc2c(sc3ccccc32)c(=O)n1CCCC(=O)NC[C@H]1CCCO1. The number of thiophene rings is 1. The predicted molar refractivity (Wildman–Crippen MR) is 143 cm³/mol. The summed E-state index contributed by atoms with van der Waals surface area (Å²) in [6.45, 7) is 2.73. The molecule has 1 aliphatic rings. The van der Waals surface area contributed by atoms with Gasteiger partial charge in [0.15, 0.2) is 5.16 Å². The van der Waals surface area contributed by atoms with E-state index in [9.17, 15) is 14.4 Å². The zero-order chi connectivity index (χ0) is 25.3. The van der Waals surface area contributed by atoms with Crippen LogP contribution in [0.1, 0.15) is 32.1 Å². The lowest BCUT2D eigenvalue weighted by molar-refractivity contribution is -0.121. The van der Waals surface area contributed by atoms with Gasteiger partial charge in [0.1, 0.15) is 4.70 Å². The third-order valence-corrected chi connectivity index (χ3v) is 8.09. The molecular formula is C25H32N4O5S2. The van der Waals surface area contributed by atoms with E-state index in [1.807, 2.05) is 24.3 Å². The molecule has 0 bridgehead atoms. The Hall–Kier alpha value is -2.47. The molecule has 2 aromatic heterocycles. The highest BCUT2D eigenvalue weighted by Crippen LogP contribution is 2.31. The second-order valence-corrected chi connectivity index (χ2v) is 10.6. The highest BCUT2D eigenvalue weighted by atomic mass is 32.2. The summed E-state index contributed by atoms with van der Waals surface area (Å²) in [4.78, 5) is 42.9. The fourth-order valence-electron chi connectivity index (χ4n) is 4.11. The molecule has 11 heteroatoms. The van der Waals surface area contributed by atoms with Crippen molar-refractivity contribution in [3.63, 3.8) is 0 Å². The van der Waals surface area contributed by atoms with Crippen LogP contribution in [-0.4, -0.2) is 66.6 Å². The minimum absolute atomic E-state index is 0.0564. The summed E-state index contributed by atoms with van der Waals surface area (Å²) in [6.07, 6.45) is 3.62. The van der Waals surface area contributed by atoms with Crippen LogP contribution in [0.3, 0.4) is 0 Å². The number of fused-ring (bicyclic) bond motifs is 3. The zero-order valence-electron chi connectivity index (χ0n) is 20.4. The van der Waals surface area contributed by atoms with E-state index in [0.717, 1.165) is 36.0 Å². The maximum absolute atomic E-state index is 13.5. The zero-order valence-corrected chi connectivity index (χ0v) is 22.1. The van der Waals surface area contributed by atoms with E-state index in [2.05, 4.69) is 10.6 Å². The van der Waals surface area contributed by atoms with E-state index < -0.39 is 0 Å². The summed E-state index contributed by atoms with van der Waals surface area (Å²) in [5.41, 5.74) is 0.526. The van der Waals surface area contributed by atoms with Crippen LogP contribution in [0.25, 0.3) is 20.3 Å². The van der Waals surface area contributed by atoms with E-state index >= 15 is 0 Å². The molecule has 0 radical (unpaired) electrons. The minimum atomic E-state index is -0.135. The Labute approximate surface area is 217 Å². The first-order valence-electron chi connectivity index (χ1n) is 12.3. The quantitative estimate of drug-likeness (QED) is 0.198. The summed E-state index contributed by atoms with van der Waals surface area (Å²) in [5, 5.41) is 7.21. The van der Waals surface area contributed by atoms with Gasteiger partial charge in [-0.3, -0.25) is 19.0 Å². The van der Waals surface area contributed by atoms with Gasteiger partial charge in [0.05, 0.1) is 17.4 Å². The number of nitrogens with zero attached hydrogens (tertiary/aromatic N) is 2. The second-order valence-electron chi connectivity index (χ2n) is 8.65. The van der Waals surface area contributed by atoms with Gasteiger partial charge in [-0.2, -0.15) is 0 Å². The van der Waals surface area contributed by atoms with Crippen LogP contribution in [0.4, 0.5) is 0 Å². The highest BCUT2D eigenvalue weighted by molar-refractivity contribution is 7.99. The fraction of sp³-hybridized carbons (Fsp3) is 0.520. The number of carbonyl (C=O) groups excluding carboxylic acids is 2. The first-order chi connectivity index (χ1) is 17.6. The summed E-state index contributed by atoms with van der Waals surface area (Å²) in [5.74, 6) is -0.0331. The predicted octanol–water partition coefficient (Wildman–Crippen LogP) is 2.93. The maximum Gasteiger partial charge on any atom is 0.272 e. The van der Waals surface area contributed by atoms with Gasteiger partial charge in [0, 0.05) is 56.5 Å². The first kappa shape index (κ1) is 26.6. The number of hydrogen-bond donors (Lipinski definition) is 2. The van der Waals surface area contributed by atoms with Gasteiger partial charge in [-0.1, -0.05) is 30.0 Å². The molecule has 1 aromatic carbocycles. The van der Waals surface area contributed by atoms with Gasteiger partial charge in [-0.05, 0) is 31.7 Å². The molecule has 1 saturated heterocycles. The Morgan fingerprint density at radius 2 is 2.11 bits per heavy atom. The molecule has 1 fully saturated rings. The Morgan fingerprint density at radius 3 is 2.92 bits per heavy atom. The molecule has 2 amide bonds. The van der Waals surface area contributed by atoms with E-state index in [1.54, 1.807) is 11.7 Å². The van der Waals surface area contributed by atoms with Crippen LogP contribution >= 0.6 is 23.1 Å². The number of rotatable bonds is 13. The normalized spacial score (nSPS) is 15.5. The van der Waals surface area contributed by atoms with Crippen molar-refractivity contribution in [3.8, 4) is 0 Å². The molecule has 2 N–H and O–H groups in total. The van der Waals surface area contributed by atoms with Crippen LogP contribution in [0.5, 0.6) is 0 Å². The number of nitrogens with one attached hydrogen (secondary N) is 2. The number of methoxy groups -OCH3 is 1. The monoisotopic (exact) mass is 532 g/mol. The molecule has 36 heavy (non-hydrogen) atoms. The van der Waals surface area contributed by atoms with Crippen molar-refractivity contribution >= 4 is 55.2 Å². The molecule has 1 aliphatic heterocycles. The fourth-order valence-corrected chi connectivity index (χ4v) is 6.04. The molecule has 0 saturated carbocycles. The van der Waals surface area contributed by atoms with E-state index in [1.165, 1.54) is 23.1 Å². The van der Waals surface area contributed by atoms with Gasteiger partial charge < -0.3 is 20.1 Å². The molecule has 194 valence electrons. The smallest absolute Gasteiger partial charge is 0.272 e. The number of hydrogen-bond acceptors (Lipinski definition) is 8. The van der Waals surface area contributed by atoms with Crippen molar-refractivity contribution in [2.75, 3.05) is 39.2 Å². The average Bonchev–Trinajstić information content (AvgIpc) is 3.54. The van der Waals surface area contributed by atoms with Gasteiger partial charge in [-0.25, -0.2) is 4.98 Å². The molecule has 4 rings (SSSR count). The lowest BCUT2D eigenvalue weighted by atomic mass is 10.2. The second kappa shape index (κ2) is 13.2. The van der Waals surface area contributed by atoms with E-state index in [4.69, 9.17) is 14.5 Å². The Balaban J connectivity index is 1.46. The van der Waals surface area contributed by atoms with E-state index in [-0.39, 0.29) is 29.2 Å². The number of benzene rings is 1. The standard InChI is InChI=1S/C25H32N4O5S2/c1-33-13-6-11-26-21(31)16-35-25-28-22-18-8-2-3-9-19(18)36-23(22)24(32)29(25)12-4-10-20(30)27-15-17-7-5-14-34-17/h2-3,8-9,17H,4-7,10-16H2,1H3,(H,26,31)(H,27,30)/t17-/m1/s1. The lowest BCUT2D eigenvalue weighted by Gasteiger charge is -2.13. The van der Waals surface area contributed by atoms with Crippen molar-refractivity contribution in [2.24, 2.45) is 0 Å². The number of thioether (sulfide) groups is 1.